The van der Waals surface area contributed by atoms with Crippen LogP contribution in [0.4, 0.5) is 0 Å². The Labute approximate surface area is 469 Å². The summed E-state index contributed by atoms with van der Waals surface area (Å²) in [4.78, 5) is 25.9. The molecule has 0 radical (unpaired) electrons. The monoisotopic (exact) mass is 1100 g/mol. The molecule has 2 fully saturated rings. The molecule has 11 atom stereocenters. The second-order valence-corrected chi connectivity index (χ2v) is 20.8. The van der Waals surface area contributed by atoms with E-state index in [-0.39, 0.29) is 19.4 Å². The molecular formula is C63H106O15. The van der Waals surface area contributed by atoms with E-state index in [1.54, 1.807) is 0 Å². The minimum atomic E-state index is -1.78. The Morgan fingerprint density at radius 3 is 1.36 bits per heavy atom. The summed E-state index contributed by atoms with van der Waals surface area (Å²) < 4.78 is 33.6. The number of carbonyl (C=O) groups excluding carboxylic acids is 2. The molecule has 2 aliphatic rings. The van der Waals surface area contributed by atoms with Crippen LogP contribution in [0, 0.1) is 0 Å². The zero-order valence-corrected chi connectivity index (χ0v) is 47.9. The van der Waals surface area contributed by atoms with Gasteiger partial charge in [-0.25, -0.2) is 0 Å². The van der Waals surface area contributed by atoms with E-state index in [0.717, 1.165) is 70.6 Å². The molecule has 2 heterocycles. The number of aliphatic hydroxyl groups excluding tert-OH is 7. The van der Waals surface area contributed by atoms with Crippen LogP contribution in [0.3, 0.4) is 0 Å². The van der Waals surface area contributed by atoms with Crippen LogP contribution in [0.15, 0.2) is 85.1 Å². The second kappa shape index (κ2) is 48.4. The molecule has 4 unspecified atom stereocenters. The Kier molecular flexibility index (Phi) is 43.9. The lowest BCUT2D eigenvalue weighted by atomic mass is 9.98. The van der Waals surface area contributed by atoms with Crippen molar-refractivity contribution in [3.63, 3.8) is 0 Å². The largest absolute Gasteiger partial charge is 0.462 e. The number of carbonyl (C=O) groups is 2. The molecule has 0 saturated carbocycles. The lowest BCUT2D eigenvalue weighted by molar-refractivity contribution is -0.332. The van der Waals surface area contributed by atoms with Gasteiger partial charge in [-0.1, -0.05) is 189 Å². The third-order valence-electron chi connectivity index (χ3n) is 13.8. The highest BCUT2D eigenvalue weighted by Gasteiger charge is 2.47. The first-order chi connectivity index (χ1) is 38.0. The van der Waals surface area contributed by atoms with Crippen molar-refractivity contribution in [2.24, 2.45) is 0 Å². The van der Waals surface area contributed by atoms with Crippen molar-refractivity contribution in [2.45, 2.75) is 274 Å². The molecule has 0 spiro atoms. The van der Waals surface area contributed by atoms with Crippen molar-refractivity contribution in [3.8, 4) is 0 Å². The quantitative estimate of drug-likeness (QED) is 0.0171. The number of esters is 2. The van der Waals surface area contributed by atoms with Crippen molar-refractivity contribution in [1.29, 1.82) is 0 Å². The number of hydrogen-bond acceptors (Lipinski definition) is 15. The van der Waals surface area contributed by atoms with Gasteiger partial charge in [0.15, 0.2) is 18.7 Å². The number of hydrogen-bond donors (Lipinski definition) is 7. The first-order valence-electron chi connectivity index (χ1n) is 30.2. The molecule has 0 bridgehead atoms. The Morgan fingerprint density at radius 1 is 0.423 bits per heavy atom. The summed E-state index contributed by atoms with van der Waals surface area (Å²) in [7, 11) is 0. The fourth-order valence-electron chi connectivity index (χ4n) is 8.97. The van der Waals surface area contributed by atoms with Crippen LogP contribution in [-0.2, 0) is 38.0 Å². The van der Waals surface area contributed by atoms with Gasteiger partial charge in [-0.05, 0) is 89.9 Å². The van der Waals surface area contributed by atoms with Crippen LogP contribution in [0.5, 0.6) is 0 Å². The third-order valence-corrected chi connectivity index (χ3v) is 13.8. The summed E-state index contributed by atoms with van der Waals surface area (Å²) in [6.07, 6.45) is 44.7. The highest BCUT2D eigenvalue weighted by molar-refractivity contribution is 5.70. The highest BCUT2D eigenvalue weighted by Crippen LogP contribution is 2.27. The Morgan fingerprint density at radius 2 is 0.833 bits per heavy atom. The molecule has 15 nitrogen and oxygen atoms in total. The van der Waals surface area contributed by atoms with Crippen molar-refractivity contribution in [1.82, 2.24) is 0 Å². The summed E-state index contributed by atoms with van der Waals surface area (Å²) in [5.74, 6) is -1.01. The lowest BCUT2D eigenvalue weighted by Gasteiger charge is -2.42. The number of ether oxygens (including phenoxy) is 6. The zero-order valence-electron chi connectivity index (χ0n) is 47.9. The van der Waals surface area contributed by atoms with Gasteiger partial charge in [-0.2, -0.15) is 0 Å². The molecule has 2 saturated heterocycles. The highest BCUT2D eigenvalue weighted by atomic mass is 16.7. The molecule has 2 aliphatic heterocycles. The first-order valence-corrected chi connectivity index (χ1v) is 30.2. The second-order valence-electron chi connectivity index (χ2n) is 20.8. The molecule has 2 rings (SSSR count). The standard InChI is InChI=1S/C63H106O15/c1-3-5-7-9-11-13-15-17-19-21-23-24-25-26-28-30-32-34-36-38-40-42-44-46-55(66)76-51(48-73-54(65)45-43-41-39-37-35-33-31-29-27-22-20-18-16-14-12-10-8-6-4-2)49-74-62-61(72)59(70)57(68)53(78-62)50-75-63-60(71)58(69)56(67)52(47-64)77-63/h6,8,12,14,18,20,27,29-30,32-33,35,38,40,51-53,56-64,67-72H,3-5,7,9-11,13,15-17,19,21-26,28,31,34,36-37,39,41-50H2,1-2H3/b8-6+,14-12+,20-18+,29-27+,32-30+,35-33+,40-38+/t51-,52+,53+,56-,57-,58?,59?,60?,61?,62+,63+/m1/s1. The fraction of sp³-hybridized carbons (Fsp3) is 0.746. The van der Waals surface area contributed by atoms with E-state index in [2.05, 4.69) is 98.9 Å². The smallest absolute Gasteiger partial charge is 0.306 e. The molecule has 15 heteroatoms. The Hall–Kier alpha value is -3.32. The molecule has 448 valence electrons. The molecule has 78 heavy (non-hydrogen) atoms. The van der Waals surface area contributed by atoms with Crippen molar-refractivity contribution in [2.75, 3.05) is 26.4 Å². The van der Waals surface area contributed by atoms with E-state index < -0.39 is 99.3 Å². The minimum absolute atomic E-state index is 0.0938. The maximum atomic E-state index is 13.1. The van der Waals surface area contributed by atoms with E-state index in [1.807, 2.05) is 0 Å². The molecular weight excluding hydrogens is 997 g/mol. The maximum Gasteiger partial charge on any atom is 0.306 e. The summed E-state index contributed by atoms with van der Waals surface area (Å²) in [6, 6.07) is 0. The van der Waals surface area contributed by atoms with Crippen LogP contribution in [0.25, 0.3) is 0 Å². The van der Waals surface area contributed by atoms with Gasteiger partial charge in [-0.15, -0.1) is 0 Å². The van der Waals surface area contributed by atoms with Gasteiger partial charge >= 0.3 is 11.9 Å². The van der Waals surface area contributed by atoms with Gasteiger partial charge < -0.3 is 64.2 Å². The molecule has 0 aromatic carbocycles. The molecule has 0 amide bonds. The predicted octanol–water partition coefficient (Wildman–Crippen LogP) is 10.7. The SMILES string of the molecule is CC/C=C/C/C=C/C/C=C/C/C=C/C/C=C/CCCCCC(=O)OC[C@H](CO[C@H]1O[C@@H](CO[C@H]2O[C@@H](CO)[C@@H](O)C(O)C2O)[C@@H](O)C(O)C1O)OC(=O)CCC/C=C/CC/C=C/CCCCCCCCCCCCCCCC. The average molecular weight is 1100 g/mol. The summed E-state index contributed by atoms with van der Waals surface area (Å²) in [6.45, 7) is 2.42. The van der Waals surface area contributed by atoms with Crippen LogP contribution in [0.2, 0.25) is 0 Å². The number of unbranched alkanes of at least 4 members (excludes halogenated alkanes) is 19. The Bertz CT molecular complexity index is 1670. The maximum absolute atomic E-state index is 13.1. The number of aliphatic hydroxyl groups is 7. The Balaban J connectivity index is 1.77. The van der Waals surface area contributed by atoms with Gasteiger partial charge in [0.1, 0.15) is 55.4 Å². The number of rotatable bonds is 47. The topological polar surface area (TPSA) is 231 Å². The summed E-state index contributed by atoms with van der Waals surface area (Å²) in [5, 5.41) is 72.3. The van der Waals surface area contributed by atoms with E-state index in [9.17, 15) is 45.3 Å². The third kappa shape index (κ3) is 34.7. The van der Waals surface area contributed by atoms with E-state index in [0.29, 0.717) is 19.3 Å². The fourth-order valence-corrected chi connectivity index (χ4v) is 8.97. The van der Waals surface area contributed by atoms with Crippen LogP contribution >= 0.6 is 0 Å². The van der Waals surface area contributed by atoms with Gasteiger partial charge in [0.05, 0.1) is 19.8 Å². The molecule has 0 aromatic rings. The van der Waals surface area contributed by atoms with Crippen LogP contribution in [-0.4, -0.2) is 142 Å². The van der Waals surface area contributed by atoms with Crippen molar-refractivity contribution < 1.29 is 73.8 Å². The van der Waals surface area contributed by atoms with Gasteiger partial charge in [0, 0.05) is 12.8 Å². The predicted molar refractivity (Wildman–Crippen MR) is 307 cm³/mol. The number of allylic oxidation sites excluding steroid dienone is 14. The van der Waals surface area contributed by atoms with Gasteiger partial charge in [-0.3, -0.25) is 9.59 Å². The summed E-state index contributed by atoms with van der Waals surface area (Å²) >= 11 is 0. The summed E-state index contributed by atoms with van der Waals surface area (Å²) in [5.41, 5.74) is 0. The van der Waals surface area contributed by atoms with Crippen LogP contribution < -0.4 is 0 Å². The molecule has 7 N–H and O–H groups in total. The first kappa shape index (κ1) is 70.8. The molecule has 0 aromatic heterocycles. The van der Waals surface area contributed by atoms with Crippen molar-refractivity contribution in [3.05, 3.63) is 85.1 Å². The minimum Gasteiger partial charge on any atom is -0.462 e. The molecule has 0 aliphatic carbocycles. The van der Waals surface area contributed by atoms with Crippen LogP contribution in [0.1, 0.15) is 206 Å². The van der Waals surface area contributed by atoms with E-state index >= 15 is 0 Å². The average Bonchev–Trinajstić information content (AvgIpc) is 3.43. The lowest BCUT2D eigenvalue weighted by Crippen LogP contribution is -2.61. The zero-order chi connectivity index (χ0) is 56.7. The van der Waals surface area contributed by atoms with Gasteiger partial charge in [0.25, 0.3) is 0 Å². The van der Waals surface area contributed by atoms with E-state index in [4.69, 9.17) is 28.4 Å². The van der Waals surface area contributed by atoms with Crippen molar-refractivity contribution >= 4 is 11.9 Å². The normalized spacial score (nSPS) is 24.6. The van der Waals surface area contributed by atoms with E-state index in [1.165, 1.54) is 89.9 Å². The van der Waals surface area contributed by atoms with Gasteiger partial charge in [0.2, 0.25) is 0 Å².